The molecule has 0 unspecified atom stereocenters. The van der Waals surface area contributed by atoms with Crippen molar-refractivity contribution >= 4 is 5.82 Å². The number of phenols is 1. The molecule has 2 aromatic rings. The summed E-state index contributed by atoms with van der Waals surface area (Å²) in [6.45, 7) is 0. The van der Waals surface area contributed by atoms with Crippen LogP contribution >= 0.6 is 0 Å². The molecule has 4 nitrogen and oxygen atoms in total. The number of allylic oxidation sites excluding steroid dienone is 2. The second-order valence-corrected chi connectivity index (χ2v) is 6.52. The van der Waals surface area contributed by atoms with E-state index in [1.54, 1.807) is 12.1 Å². The van der Waals surface area contributed by atoms with Gasteiger partial charge in [0.2, 0.25) is 0 Å². The van der Waals surface area contributed by atoms with Gasteiger partial charge in [-0.3, -0.25) is 0 Å². The average molecular weight is 323 g/mol. The summed E-state index contributed by atoms with van der Waals surface area (Å²) in [6, 6.07) is 9.14. The van der Waals surface area contributed by atoms with E-state index in [4.69, 9.17) is 5.73 Å². The predicted molar refractivity (Wildman–Crippen MR) is 97.6 cm³/mol. The van der Waals surface area contributed by atoms with Gasteiger partial charge >= 0.3 is 0 Å². The Bertz CT molecular complexity index is 712. The minimum Gasteiger partial charge on any atom is -0.507 e. The van der Waals surface area contributed by atoms with Gasteiger partial charge in [-0.05, 0) is 61.8 Å². The molecule has 0 fully saturated rings. The molecule has 1 aromatic carbocycles. The third-order valence-electron chi connectivity index (χ3n) is 4.72. The lowest BCUT2D eigenvalue weighted by Crippen LogP contribution is -2.05. The molecule has 0 saturated carbocycles. The van der Waals surface area contributed by atoms with E-state index >= 15 is 0 Å². The Morgan fingerprint density at radius 3 is 2.88 bits per heavy atom. The highest BCUT2D eigenvalue weighted by molar-refractivity contribution is 5.67. The van der Waals surface area contributed by atoms with Crippen LogP contribution in [0.1, 0.15) is 44.1 Å². The Hall–Kier alpha value is -2.36. The molecule has 0 saturated heterocycles. The SMILES string of the molecule is Nc1nnc(-c2ccccc2O)cc1CC[C@@H]1/C=C\CCCCC1. The largest absolute Gasteiger partial charge is 0.507 e. The fourth-order valence-corrected chi connectivity index (χ4v) is 3.27. The molecule has 126 valence electrons. The first-order valence-electron chi connectivity index (χ1n) is 8.81. The number of benzene rings is 1. The molecular weight excluding hydrogens is 298 g/mol. The van der Waals surface area contributed by atoms with Crippen molar-refractivity contribution in [2.45, 2.75) is 44.9 Å². The van der Waals surface area contributed by atoms with Crippen LogP contribution in [0.4, 0.5) is 5.82 Å². The number of nitrogen functional groups attached to an aromatic ring is 1. The highest BCUT2D eigenvalue weighted by atomic mass is 16.3. The third-order valence-corrected chi connectivity index (χ3v) is 4.72. The predicted octanol–water partition coefficient (Wildman–Crippen LogP) is 4.50. The van der Waals surface area contributed by atoms with Gasteiger partial charge < -0.3 is 10.8 Å². The lowest BCUT2D eigenvalue weighted by Gasteiger charge is -2.15. The fourth-order valence-electron chi connectivity index (χ4n) is 3.27. The van der Waals surface area contributed by atoms with Crippen molar-refractivity contribution in [2.24, 2.45) is 5.92 Å². The zero-order valence-electron chi connectivity index (χ0n) is 14.0. The average Bonchev–Trinajstić information content (AvgIpc) is 2.56. The van der Waals surface area contributed by atoms with E-state index < -0.39 is 0 Å². The summed E-state index contributed by atoms with van der Waals surface area (Å²) in [5.74, 6) is 1.32. The lowest BCUT2D eigenvalue weighted by atomic mass is 9.91. The topological polar surface area (TPSA) is 72.0 Å². The lowest BCUT2D eigenvalue weighted by molar-refractivity contribution is 0.477. The van der Waals surface area contributed by atoms with E-state index in [9.17, 15) is 5.11 Å². The van der Waals surface area contributed by atoms with Crippen molar-refractivity contribution < 1.29 is 5.11 Å². The maximum atomic E-state index is 10.0. The van der Waals surface area contributed by atoms with Crippen LogP contribution in [-0.4, -0.2) is 15.3 Å². The molecule has 0 amide bonds. The number of phenolic OH excluding ortho intramolecular Hbond substituents is 1. The summed E-state index contributed by atoms with van der Waals surface area (Å²) in [6.07, 6.45) is 13.1. The second-order valence-electron chi connectivity index (χ2n) is 6.52. The molecule has 0 spiro atoms. The van der Waals surface area contributed by atoms with E-state index in [0.29, 0.717) is 23.0 Å². The van der Waals surface area contributed by atoms with Gasteiger partial charge in [-0.1, -0.05) is 37.1 Å². The number of rotatable bonds is 4. The number of aromatic hydroxyl groups is 1. The first-order chi connectivity index (χ1) is 11.7. The molecule has 1 aliphatic carbocycles. The van der Waals surface area contributed by atoms with E-state index in [2.05, 4.69) is 22.3 Å². The van der Waals surface area contributed by atoms with Crippen molar-refractivity contribution in [3.05, 3.63) is 48.0 Å². The summed E-state index contributed by atoms with van der Waals surface area (Å²) < 4.78 is 0. The van der Waals surface area contributed by atoms with Crippen molar-refractivity contribution in [1.29, 1.82) is 0 Å². The standard InChI is InChI=1S/C20H25N3O/c21-20-16(13-12-15-8-4-2-1-3-5-9-15)14-18(22-23-20)17-10-6-7-11-19(17)24/h4,6-8,10-11,14-15,24H,1-3,5,9,12-13H2,(H2,21,23)/b8-4-/t15-/m1/s1. The van der Waals surface area contributed by atoms with Gasteiger partial charge in [0.25, 0.3) is 0 Å². The zero-order chi connectivity index (χ0) is 16.8. The molecule has 0 aliphatic heterocycles. The van der Waals surface area contributed by atoms with Gasteiger partial charge in [-0.15, -0.1) is 10.2 Å². The number of aryl methyl sites for hydroxylation is 1. The monoisotopic (exact) mass is 323 g/mol. The van der Waals surface area contributed by atoms with Crippen LogP contribution in [0.15, 0.2) is 42.5 Å². The van der Waals surface area contributed by atoms with Crippen LogP contribution in [0.3, 0.4) is 0 Å². The Balaban J connectivity index is 1.74. The molecule has 1 aliphatic rings. The number of nitrogens with two attached hydrogens (primary N) is 1. The number of anilines is 1. The first kappa shape index (κ1) is 16.5. The smallest absolute Gasteiger partial charge is 0.149 e. The molecule has 3 rings (SSSR count). The summed E-state index contributed by atoms with van der Waals surface area (Å²) in [5.41, 5.74) is 8.40. The number of nitrogens with zero attached hydrogens (tertiary/aromatic N) is 2. The molecule has 0 radical (unpaired) electrons. The number of hydrogen-bond acceptors (Lipinski definition) is 4. The van der Waals surface area contributed by atoms with Crippen molar-refractivity contribution in [2.75, 3.05) is 5.73 Å². The van der Waals surface area contributed by atoms with Crippen molar-refractivity contribution in [3.63, 3.8) is 0 Å². The number of hydrogen-bond donors (Lipinski definition) is 2. The Morgan fingerprint density at radius 2 is 2.00 bits per heavy atom. The molecule has 0 bridgehead atoms. The van der Waals surface area contributed by atoms with Crippen LogP contribution in [0.25, 0.3) is 11.3 Å². The van der Waals surface area contributed by atoms with E-state index in [0.717, 1.165) is 18.4 Å². The fraction of sp³-hybridized carbons (Fsp3) is 0.400. The van der Waals surface area contributed by atoms with Crippen LogP contribution in [-0.2, 0) is 6.42 Å². The van der Waals surface area contributed by atoms with Gasteiger partial charge in [-0.2, -0.15) is 0 Å². The third kappa shape index (κ3) is 4.13. The van der Waals surface area contributed by atoms with Crippen LogP contribution < -0.4 is 5.73 Å². The Labute approximate surface area is 143 Å². The van der Waals surface area contributed by atoms with Gasteiger partial charge in [0.05, 0.1) is 5.69 Å². The van der Waals surface area contributed by atoms with Gasteiger partial charge in [0.1, 0.15) is 11.6 Å². The maximum Gasteiger partial charge on any atom is 0.149 e. The summed E-state index contributed by atoms with van der Waals surface area (Å²) in [7, 11) is 0. The van der Waals surface area contributed by atoms with Crippen molar-refractivity contribution in [1.82, 2.24) is 10.2 Å². The highest BCUT2D eigenvalue weighted by Gasteiger charge is 2.12. The highest BCUT2D eigenvalue weighted by Crippen LogP contribution is 2.29. The summed E-state index contributed by atoms with van der Waals surface area (Å²) >= 11 is 0. The quantitative estimate of drug-likeness (QED) is 0.813. The van der Waals surface area contributed by atoms with Crippen LogP contribution in [0.5, 0.6) is 5.75 Å². The van der Waals surface area contributed by atoms with Gasteiger partial charge in [0.15, 0.2) is 0 Å². The summed E-state index contributed by atoms with van der Waals surface area (Å²) in [4.78, 5) is 0. The first-order valence-corrected chi connectivity index (χ1v) is 8.81. The number of para-hydroxylation sites is 1. The number of aromatic nitrogens is 2. The van der Waals surface area contributed by atoms with Gasteiger partial charge in [-0.25, -0.2) is 0 Å². The Morgan fingerprint density at radius 1 is 1.12 bits per heavy atom. The maximum absolute atomic E-state index is 10.0. The van der Waals surface area contributed by atoms with Gasteiger partial charge in [0, 0.05) is 5.56 Å². The molecule has 3 N–H and O–H groups in total. The van der Waals surface area contributed by atoms with Crippen molar-refractivity contribution in [3.8, 4) is 17.0 Å². The minimum atomic E-state index is 0.213. The molecule has 4 heteroatoms. The molecular formula is C20H25N3O. The zero-order valence-corrected chi connectivity index (χ0v) is 14.0. The summed E-state index contributed by atoms with van der Waals surface area (Å²) in [5, 5.41) is 18.2. The molecule has 24 heavy (non-hydrogen) atoms. The molecule has 1 aromatic heterocycles. The molecule has 1 atom stereocenters. The second kappa shape index (κ2) is 7.95. The van der Waals surface area contributed by atoms with E-state index in [1.807, 2.05) is 18.2 Å². The van der Waals surface area contributed by atoms with Crippen LogP contribution in [0.2, 0.25) is 0 Å². The minimum absolute atomic E-state index is 0.213. The molecule has 1 heterocycles. The normalized spacial score (nSPS) is 19.4. The van der Waals surface area contributed by atoms with E-state index in [1.165, 1.54) is 32.1 Å². The van der Waals surface area contributed by atoms with E-state index in [-0.39, 0.29) is 5.75 Å². The Kier molecular flexibility index (Phi) is 5.47. The van der Waals surface area contributed by atoms with Crippen LogP contribution in [0, 0.1) is 5.92 Å².